The van der Waals surface area contributed by atoms with Gasteiger partial charge in [-0.15, -0.1) is 0 Å². The molecular weight excluding hydrogens is 306 g/mol. The number of hydrogen-bond donors (Lipinski definition) is 0. The minimum atomic E-state index is 0.161. The molecule has 0 radical (unpaired) electrons. The van der Waals surface area contributed by atoms with Crippen molar-refractivity contribution in [1.82, 2.24) is 24.6 Å². The van der Waals surface area contributed by atoms with Crippen LogP contribution in [0.5, 0.6) is 0 Å². The third-order valence-corrected chi connectivity index (χ3v) is 4.52. The maximum absolute atomic E-state index is 12.4. The van der Waals surface area contributed by atoms with Crippen LogP contribution in [0.1, 0.15) is 31.2 Å². The molecular formula is C17H19N5O2. The Balaban J connectivity index is 1.30. The van der Waals surface area contributed by atoms with Gasteiger partial charge in [0.15, 0.2) is 11.5 Å². The van der Waals surface area contributed by atoms with Crippen molar-refractivity contribution in [1.29, 1.82) is 0 Å². The Kier molecular flexibility index (Phi) is 3.98. The SMILES string of the molecule is O=C(CCc1nc2ccccc2o1)N1CCC(n2cncn2)CC1. The summed E-state index contributed by atoms with van der Waals surface area (Å²) < 4.78 is 7.56. The highest BCUT2D eigenvalue weighted by Gasteiger charge is 2.24. The lowest BCUT2D eigenvalue weighted by Gasteiger charge is -2.31. The van der Waals surface area contributed by atoms with E-state index in [-0.39, 0.29) is 5.91 Å². The molecule has 0 N–H and O–H groups in total. The molecule has 0 bridgehead atoms. The number of piperidine rings is 1. The summed E-state index contributed by atoms with van der Waals surface area (Å²) in [6, 6.07) is 8.00. The third kappa shape index (κ3) is 3.02. The fraction of sp³-hybridized carbons (Fsp3) is 0.412. The zero-order valence-corrected chi connectivity index (χ0v) is 13.3. The van der Waals surface area contributed by atoms with Crippen molar-refractivity contribution in [2.24, 2.45) is 0 Å². The number of nitrogens with zero attached hydrogens (tertiary/aromatic N) is 5. The first-order valence-electron chi connectivity index (χ1n) is 8.26. The van der Waals surface area contributed by atoms with E-state index >= 15 is 0 Å². The quantitative estimate of drug-likeness (QED) is 0.735. The standard InChI is InChI=1S/C17H19N5O2/c23-17(6-5-16-20-14-3-1-2-4-15(14)24-16)21-9-7-13(8-10-21)22-12-18-11-19-22/h1-4,11-13H,5-10H2. The lowest BCUT2D eigenvalue weighted by Crippen LogP contribution is -2.39. The Morgan fingerprint density at radius 1 is 1.25 bits per heavy atom. The van der Waals surface area contributed by atoms with E-state index in [1.807, 2.05) is 33.8 Å². The van der Waals surface area contributed by atoms with Crippen LogP contribution < -0.4 is 0 Å². The maximum atomic E-state index is 12.4. The highest BCUT2D eigenvalue weighted by molar-refractivity contribution is 5.76. The first kappa shape index (κ1) is 14.9. The summed E-state index contributed by atoms with van der Waals surface area (Å²) in [5.41, 5.74) is 1.61. The predicted molar refractivity (Wildman–Crippen MR) is 87.2 cm³/mol. The van der Waals surface area contributed by atoms with E-state index in [9.17, 15) is 4.79 Å². The smallest absolute Gasteiger partial charge is 0.223 e. The normalized spacial score (nSPS) is 15.9. The number of benzene rings is 1. The molecule has 1 fully saturated rings. The van der Waals surface area contributed by atoms with Crippen molar-refractivity contribution < 1.29 is 9.21 Å². The number of para-hydroxylation sites is 2. The molecule has 4 rings (SSSR count). The monoisotopic (exact) mass is 325 g/mol. The zero-order valence-electron chi connectivity index (χ0n) is 13.3. The molecule has 7 nitrogen and oxygen atoms in total. The second kappa shape index (κ2) is 6.43. The van der Waals surface area contributed by atoms with E-state index in [0.29, 0.717) is 24.8 Å². The Morgan fingerprint density at radius 2 is 2.08 bits per heavy atom. The Labute approximate surface area is 139 Å². The van der Waals surface area contributed by atoms with Gasteiger partial charge in [-0.3, -0.25) is 4.79 Å². The second-order valence-corrected chi connectivity index (χ2v) is 6.06. The fourth-order valence-corrected chi connectivity index (χ4v) is 3.18. The number of aryl methyl sites for hydroxylation is 1. The van der Waals surface area contributed by atoms with Gasteiger partial charge in [0, 0.05) is 25.9 Å². The molecule has 1 aliphatic heterocycles. The molecule has 0 saturated carbocycles. The average Bonchev–Trinajstić information content (AvgIpc) is 3.29. The lowest BCUT2D eigenvalue weighted by molar-refractivity contribution is -0.132. The second-order valence-electron chi connectivity index (χ2n) is 6.06. The van der Waals surface area contributed by atoms with Gasteiger partial charge in [0.1, 0.15) is 18.2 Å². The van der Waals surface area contributed by atoms with Crippen LogP contribution in [0, 0.1) is 0 Å². The van der Waals surface area contributed by atoms with E-state index in [4.69, 9.17) is 4.42 Å². The van der Waals surface area contributed by atoms with Crippen LogP contribution in [-0.4, -0.2) is 43.6 Å². The highest BCUT2D eigenvalue weighted by atomic mass is 16.3. The number of amides is 1. The Morgan fingerprint density at radius 3 is 2.83 bits per heavy atom. The van der Waals surface area contributed by atoms with Crippen LogP contribution in [0.2, 0.25) is 0 Å². The fourth-order valence-electron chi connectivity index (χ4n) is 3.18. The number of fused-ring (bicyclic) bond motifs is 1. The van der Waals surface area contributed by atoms with Crippen LogP contribution in [0.15, 0.2) is 41.3 Å². The summed E-state index contributed by atoms with van der Waals surface area (Å²) in [5, 5.41) is 4.19. The van der Waals surface area contributed by atoms with Gasteiger partial charge in [-0.2, -0.15) is 5.10 Å². The molecule has 24 heavy (non-hydrogen) atoms. The summed E-state index contributed by atoms with van der Waals surface area (Å²) in [5.74, 6) is 0.788. The number of oxazole rings is 1. The molecule has 0 aliphatic carbocycles. The highest BCUT2D eigenvalue weighted by Crippen LogP contribution is 2.22. The molecule has 124 valence electrons. The largest absolute Gasteiger partial charge is 0.441 e. The molecule has 2 aromatic heterocycles. The number of hydrogen-bond acceptors (Lipinski definition) is 5. The van der Waals surface area contributed by atoms with Gasteiger partial charge < -0.3 is 9.32 Å². The van der Waals surface area contributed by atoms with Crippen molar-refractivity contribution in [2.75, 3.05) is 13.1 Å². The van der Waals surface area contributed by atoms with Crippen molar-refractivity contribution in [2.45, 2.75) is 31.7 Å². The van der Waals surface area contributed by atoms with Crippen LogP contribution in [0.3, 0.4) is 0 Å². The van der Waals surface area contributed by atoms with Crippen LogP contribution >= 0.6 is 0 Å². The number of rotatable bonds is 4. The van der Waals surface area contributed by atoms with E-state index in [1.165, 1.54) is 0 Å². The lowest BCUT2D eigenvalue weighted by atomic mass is 10.0. The van der Waals surface area contributed by atoms with E-state index in [1.54, 1.807) is 12.7 Å². The van der Waals surface area contributed by atoms with Crippen LogP contribution in [-0.2, 0) is 11.2 Å². The van der Waals surface area contributed by atoms with Crippen molar-refractivity contribution >= 4 is 17.0 Å². The summed E-state index contributed by atoms with van der Waals surface area (Å²) >= 11 is 0. The third-order valence-electron chi connectivity index (χ3n) is 4.52. The van der Waals surface area contributed by atoms with Gasteiger partial charge in [0.2, 0.25) is 5.91 Å². The summed E-state index contributed by atoms with van der Waals surface area (Å²) in [6.45, 7) is 1.52. The summed E-state index contributed by atoms with van der Waals surface area (Å²) in [6.07, 6.45) is 6.10. The minimum Gasteiger partial charge on any atom is -0.441 e. The first-order valence-corrected chi connectivity index (χ1v) is 8.26. The summed E-state index contributed by atoms with van der Waals surface area (Å²) in [4.78, 5) is 22.7. The molecule has 0 atom stereocenters. The Bertz CT molecular complexity index is 786. The Hall–Kier alpha value is -2.70. The molecule has 3 heterocycles. The van der Waals surface area contributed by atoms with Gasteiger partial charge in [-0.25, -0.2) is 14.6 Å². The van der Waals surface area contributed by atoms with E-state index in [2.05, 4.69) is 15.1 Å². The van der Waals surface area contributed by atoms with Gasteiger partial charge in [0.25, 0.3) is 0 Å². The van der Waals surface area contributed by atoms with Crippen molar-refractivity contribution in [3.8, 4) is 0 Å². The molecule has 7 heteroatoms. The first-order chi connectivity index (χ1) is 11.8. The van der Waals surface area contributed by atoms with E-state index < -0.39 is 0 Å². The van der Waals surface area contributed by atoms with Gasteiger partial charge in [-0.05, 0) is 25.0 Å². The van der Waals surface area contributed by atoms with Gasteiger partial charge in [0.05, 0.1) is 6.04 Å². The molecule has 0 spiro atoms. The molecule has 1 aromatic carbocycles. The molecule has 0 unspecified atom stereocenters. The maximum Gasteiger partial charge on any atom is 0.223 e. The van der Waals surface area contributed by atoms with Crippen LogP contribution in [0.4, 0.5) is 0 Å². The topological polar surface area (TPSA) is 77.0 Å². The van der Waals surface area contributed by atoms with E-state index in [0.717, 1.165) is 37.0 Å². The van der Waals surface area contributed by atoms with Gasteiger partial charge >= 0.3 is 0 Å². The zero-order chi connectivity index (χ0) is 16.4. The number of aromatic nitrogens is 4. The van der Waals surface area contributed by atoms with Gasteiger partial charge in [-0.1, -0.05) is 12.1 Å². The number of carbonyl (C=O) groups excluding carboxylic acids is 1. The van der Waals surface area contributed by atoms with Crippen LogP contribution in [0.25, 0.3) is 11.1 Å². The summed E-state index contributed by atoms with van der Waals surface area (Å²) in [7, 11) is 0. The average molecular weight is 325 g/mol. The predicted octanol–water partition coefficient (Wildman–Crippen LogP) is 2.22. The molecule has 1 aliphatic rings. The van der Waals surface area contributed by atoms with Crippen molar-refractivity contribution in [3.05, 3.63) is 42.8 Å². The minimum absolute atomic E-state index is 0.161. The molecule has 1 saturated heterocycles. The number of carbonyl (C=O) groups is 1. The van der Waals surface area contributed by atoms with Crippen molar-refractivity contribution in [3.63, 3.8) is 0 Å². The molecule has 1 amide bonds. The number of likely N-dealkylation sites (tertiary alicyclic amines) is 1. The molecule has 3 aromatic rings.